The molecule has 1 heterocycles. The number of hydrazine groups is 1. The summed E-state index contributed by atoms with van der Waals surface area (Å²) < 4.78 is 0. The van der Waals surface area contributed by atoms with Gasteiger partial charge in [-0.15, -0.1) is 13.2 Å². The Kier molecular flexibility index (Phi) is 2.84. The van der Waals surface area contributed by atoms with E-state index in [-0.39, 0.29) is 18.2 Å². The summed E-state index contributed by atoms with van der Waals surface area (Å²) in [5.41, 5.74) is 0. The molecular weight excluding hydrogens is 168 g/mol. The van der Waals surface area contributed by atoms with Crippen LogP contribution in [0.25, 0.3) is 0 Å². The van der Waals surface area contributed by atoms with E-state index < -0.39 is 0 Å². The van der Waals surface area contributed by atoms with Gasteiger partial charge in [0, 0.05) is 0 Å². The van der Waals surface area contributed by atoms with E-state index >= 15 is 0 Å². The summed E-state index contributed by atoms with van der Waals surface area (Å²) in [6.45, 7) is 7.79. The second kappa shape index (κ2) is 3.89. The Hall–Kier alpha value is -1.58. The van der Waals surface area contributed by atoms with Crippen LogP contribution in [-0.2, 0) is 9.59 Å². The third-order valence-corrected chi connectivity index (χ3v) is 1.77. The van der Waals surface area contributed by atoms with E-state index in [2.05, 4.69) is 13.2 Å². The molecule has 0 unspecified atom stereocenters. The molecule has 0 aromatic carbocycles. The van der Waals surface area contributed by atoms with E-state index in [0.29, 0.717) is 13.1 Å². The number of rotatable bonds is 4. The highest BCUT2D eigenvalue weighted by Gasteiger charge is 2.33. The van der Waals surface area contributed by atoms with Crippen LogP contribution < -0.4 is 0 Å². The van der Waals surface area contributed by atoms with Crippen molar-refractivity contribution in [1.29, 1.82) is 0 Å². The van der Waals surface area contributed by atoms with Crippen molar-refractivity contribution < 1.29 is 9.59 Å². The number of hydrogen-bond acceptors (Lipinski definition) is 2. The van der Waals surface area contributed by atoms with Gasteiger partial charge in [-0.1, -0.05) is 12.2 Å². The molecule has 0 aromatic rings. The lowest BCUT2D eigenvalue weighted by Gasteiger charge is -2.25. The van der Waals surface area contributed by atoms with E-state index in [1.807, 2.05) is 0 Å². The van der Waals surface area contributed by atoms with Crippen LogP contribution in [0.2, 0.25) is 0 Å². The average molecular weight is 180 g/mol. The van der Waals surface area contributed by atoms with Crippen molar-refractivity contribution in [2.75, 3.05) is 13.1 Å². The predicted molar refractivity (Wildman–Crippen MR) is 48.4 cm³/mol. The Bertz CT molecular complexity index is 234. The van der Waals surface area contributed by atoms with Crippen molar-refractivity contribution in [2.45, 2.75) is 6.42 Å². The van der Waals surface area contributed by atoms with Crippen molar-refractivity contribution in [3.05, 3.63) is 25.3 Å². The monoisotopic (exact) mass is 180 g/mol. The van der Waals surface area contributed by atoms with Crippen LogP contribution in [0.1, 0.15) is 6.42 Å². The van der Waals surface area contributed by atoms with Crippen molar-refractivity contribution in [2.24, 2.45) is 0 Å². The maximum absolute atomic E-state index is 11.2. The van der Waals surface area contributed by atoms with Crippen LogP contribution in [0.4, 0.5) is 0 Å². The van der Waals surface area contributed by atoms with Gasteiger partial charge in [0.15, 0.2) is 0 Å². The Morgan fingerprint density at radius 3 is 1.77 bits per heavy atom. The first kappa shape index (κ1) is 9.51. The van der Waals surface area contributed by atoms with E-state index in [1.165, 1.54) is 10.0 Å². The fourth-order valence-electron chi connectivity index (χ4n) is 1.23. The summed E-state index contributed by atoms with van der Waals surface area (Å²) in [6, 6.07) is 0. The van der Waals surface area contributed by atoms with Crippen molar-refractivity contribution in [3.8, 4) is 0 Å². The minimum absolute atomic E-state index is 0.0400. The molecule has 0 spiro atoms. The molecule has 1 aliphatic heterocycles. The lowest BCUT2D eigenvalue weighted by atomic mass is 10.4. The Morgan fingerprint density at radius 2 is 1.46 bits per heavy atom. The largest absolute Gasteiger partial charge is 0.272 e. The Balaban J connectivity index is 2.75. The van der Waals surface area contributed by atoms with Crippen molar-refractivity contribution in [3.63, 3.8) is 0 Å². The quantitative estimate of drug-likeness (QED) is 0.462. The third kappa shape index (κ3) is 1.77. The molecular formula is C9H12N2O2. The normalized spacial score (nSPS) is 16.6. The molecule has 0 N–H and O–H groups in total. The maximum atomic E-state index is 11.2. The highest BCUT2D eigenvalue weighted by molar-refractivity contribution is 6.02. The molecule has 0 bridgehead atoms. The standard InChI is InChI=1S/C9H12N2O2/c1-3-5-10-8(12)7-9(13)11(10)6-4-2/h3-4H,1-2,5-7H2. The van der Waals surface area contributed by atoms with Crippen LogP contribution in [0.5, 0.6) is 0 Å². The fraction of sp³-hybridized carbons (Fsp3) is 0.333. The predicted octanol–water partition coefficient (Wildman–Crippen LogP) is 0.334. The van der Waals surface area contributed by atoms with Gasteiger partial charge in [0.25, 0.3) is 11.8 Å². The van der Waals surface area contributed by atoms with Crippen molar-refractivity contribution in [1.82, 2.24) is 10.0 Å². The molecule has 70 valence electrons. The highest BCUT2D eigenvalue weighted by atomic mass is 16.2. The fourth-order valence-corrected chi connectivity index (χ4v) is 1.23. The zero-order chi connectivity index (χ0) is 9.84. The molecule has 0 atom stereocenters. The molecule has 0 radical (unpaired) electrons. The molecule has 1 rings (SSSR count). The van der Waals surface area contributed by atoms with Gasteiger partial charge in [-0.05, 0) is 0 Å². The number of hydrogen-bond donors (Lipinski definition) is 0. The SMILES string of the molecule is C=CCN1C(=O)CC(=O)N1CC=C. The zero-order valence-electron chi connectivity index (χ0n) is 7.40. The molecule has 2 amide bonds. The van der Waals surface area contributed by atoms with E-state index in [9.17, 15) is 9.59 Å². The lowest BCUT2D eigenvalue weighted by Crippen LogP contribution is -2.40. The first-order valence-electron chi connectivity index (χ1n) is 4.03. The summed E-state index contributed by atoms with van der Waals surface area (Å²) in [5, 5.41) is 2.77. The van der Waals surface area contributed by atoms with E-state index in [1.54, 1.807) is 12.2 Å². The highest BCUT2D eigenvalue weighted by Crippen LogP contribution is 2.12. The Morgan fingerprint density at radius 1 is 1.08 bits per heavy atom. The first-order chi connectivity index (χ1) is 6.20. The first-order valence-corrected chi connectivity index (χ1v) is 4.03. The second-order valence-electron chi connectivity index (χ2n) is 2.71. The van der Waals surface area contributed by atoms with E-state index in [0.717, 1.165) is 0 Å². The number of carbonyl (C=O) groups excluding carboxylic acids is 2. The summed E-state index contributed by atoms with van der Waals surface area (Å²) >= 11 is 0. The van der Waals surface area contributed by atoms with E-state index in [4.69, 9.17) is 0 Å². The van der Waals surface area contributed by atoms with Gasteiger partial charge in [0.2, 0.25) is 0 Å². The van der Waals surface area contributed by atoms with Gasteiger partial charge in [-0.3, -0.25) is 9.59 Å². The molecule has 4 nitrogen and oxygen atoms in total. The molecule has 0 aliphatic carbocycles. The summed E-state index contributed by atoms with van der Waals surface area (Å²) in [5.74, 6) is -0.349. The van der Waals surface area contributed by atoms with Crippen LogP contribution in [-0.4, -0.2) is 34.9 Å². The third-order valence-electron chi connectivity index (χ3n) is 1.77. The van der Waals surface area contributed by atoms with Gasteiger partial charge >= 0.3 is 0 Å². The minimum Gasteiger partial charge on any atom is -0.272 e. The average Bonchev–Trinajstić information content (AvgIpc) is 2.33. The minimum atomic E-state index is -0.174. The van der Waals surface area contributed by atoms with Crippen LogP contribution in [0, 0.1) is 0 Å². The molecule has 13 heavy (non-hydrogen) atoms. The number of nitrogens with zero attached hydrogens (tertiary/aromatic N) is 2. The smallest absolute Gasteiger partial charge is 0.250 e. The number of carbonyl (C=O) groups is 2. The van der Waals surface area contributed by atoms with Gasteiger partial charge in [0.1, 0.15) is 6.42 Å². The van der Waals surface area contributed by atoms with Crippen LogP contribution in [0.3, 0.4) is 0 Å². The topological polar surface area (TPSA) is 40.6 Å². The summed E-state index contributed by atoms with van der Waals surface area (Å²) in [7, 11) is 0. The molecule has 0 aromatic heterocycles. The van der Waals surface area contributed by atoms with Gasteiger partial charge in [0.05, 0.1) is 13.1 Å². The lowest BCUT2D eigenvalue weighted by molar-refractivity contribution is -0.144. The molecule has 4 heteroatoms. The van der Waals surface area contributed by atoms with Crippen LogP contribution >= 0.6 is 0 Å². The van der Waals surface area contributed by atoms with Gasteiger partial charge in [-0.25, -0.2) is 10.0 Å². The molecule has 1 saturated heterocycles. The summed E-state index contributed by atoms with van der Waals surface area (Å²) in [4.78, 5) is 22.5. The maximum Gasteiger partial charge on any atom is 0.250 e. The molecule has 1 aliphatic rings. The van der Waals surface area contributed by atoms with Gasteiger partial charge < -0.3 is 0 Å². The molecule has 0 saturated carbocycles. The number of amides is 2. The molecule has 1 fully saturated rings. The zero-order valence-corrected chi connectivity index (χ0v) is 7.40. The van der Waals surface area contributed by atoms with Crippen LogP contribution in [0.15, 0.2) is 25.3 Å². The van der Waals surface area contributed by atoms with Crippen molar-refractivity contribution >= 4 is 11.8 Å². The van der Waals surface area contributed by atoms with Gasteiger partial charge in [-0.2, -0.15) is 0 Å². The second-order valence-corrected chi connectivity index (χ2v) is 2.71. The summed E-state index contributed by atoms with van der Waals surface area (Å²) in [6.07, 6.45) is 3.14. The Labute approximate surface area is 77.1 Å².